The first-order valence-electron chi connectivity index (χ1n) is 12.4. The van der Waals surface area contributed by atoms with Crippen LogP contribution in [0.3, 0.4) is 0 Å². The molecule has 0 saturated carbocycles. The van der Waals surface area contributed by atoms with Crippen molar-refractivity contribution in [1.82, 2.24) is 39.6 Å². The lowest BCUT2D eigenvalue weighted by Crippen LogP contribution is -2.18. The molecule has 178 valence electrons. The highest BCUT2D eigenvalue weighted by molar-refractivity contribution is 5.98. The number of fused-ring (bicyclic) bond motifs is 2. The number of imidazole rings is 1. The minimum Gasteiger partial charge on any atom is -0.353 e. The number of hydrogen-bond donors (Lipinski definition) is 2. The third-order valence-corrected chi connectivity index (χ3v) is 7.03. The van der Waals surface area contributed by atoms with E-state index < -0.39 is 0 Å². The first-order valence-corrected chi connectivity index (χ1v) is 12.4. The van der Waals surface area contributed by atoms with E-state index in [-0.39, 0.29) is 0 Å². The molecule has 6 aromatic rings. The number of H-pyrrole nitrogens is 2. The Morgan fingerprint density at radius 1 is 0.917 bits per heavy atom. The van der Waals surface area contributed by atoms with Crippen LogP contribution in [0.1, 0.15) is 24.1 Å². The van der Waals surface area contributed by atoms with E-state index in [2.05, 4.69) is 65.4 Å². The molecule has 8 nitrogen and oxygen atoms in total. The monoisotopic (exact) mass is 474 g/mol. The molecule has 0 bridgehead atoms. The number of aromatic nitrogens is 7. The lowest BCUT2D eigenvalue weighted by molar-refractivity contribution is 0.331. The van der Waals surface area contributed by atoms with Gasteiger partial charge in [-0.05, 0) is 74.3 Å². The first-order chi connectivity index (χ1) is 17.7. The van der Waals surface area contributed by atoms with Crippen molar-refractivity contribution in [2.45, 2.75) is 26.3 Å². The highest BCUT2D eigenvalue weighted by atomic mass is 15.1. The van der Waals surface area contributed by atoms with Gasteiger partial charge in [0.2, 0.25) is 0 Å². The summed E-state index contributed by atoms with van der Waals surface area (Å²) >= 11 is 0. The topological polar surface area (TPSA) is 91.3 Å². The molecule has 6 heterocycles. The average Bonchev–Trinajstić information content (AvgIpc) is 3.70. The van der Waals surface area contributed by atoms with E-state index in [1.54, 1.807) is 6.33 Å². The number of nitrogens with zero attached hydrogens (tertiary/aromatic N) is 6. The van der Waals surface area contributed by atoms with Gasteiger partial charge in [-0.1, -0.05) is 6.07 Å². The predicted molar refractivity (Wildman–Crippen MR) is 141 cm³/mol. The Bertz CT molecular complexity index is 1700. The zero-order valence-electron chi connectivity index (χ0n) is 20.1. The van der Waals surface area contributed by atoms with Crippen molar-refractivity contribution < 1.29 is 0 Å². The summed E-state index contributed by atoms with van der Waals surface area (Å²) < 4.78 is 1.96. The Morgan fingerprint density at radius 2 is 1.83 bits per heavy atom. The SMILES string of the molecule is Cc1cn(-c2nccc3[nH]c(-c4n[nH]c5ccc(-c6cncc(CN7CCCC7)c6)cc45)cc23)cn1. The highest BCUT2D eigenvalue weighted by Gasteiger charge is 2.16. The van der Waals surface area contributed by atoms with Crippen LogP contribution in [0.15, 0.2) is 67.5 Å². The van der Waals surface area contributed by atoms with Gasteiger partial charge in [0.05, 0.1) is 22.4 Å². The van der Waals surface area contributed by atoms with Gasteiger partial charge in [-0.25, -0.2) is 9.97 Å². The van der Waals surface area contributed by atoms with Gasteiger partial charge in [0.25, 0.3) is 0 Å². The van der Waals surface area contributed by atoms with Gasteiger partial charge in [0.15, 0.2) is 0 Å². The second-order valence-electron chi connectivity index (χ2n) is 9.60. The molecular weight excluding hydrogens is 448 g/mol. The molecule has 7 rings (SSSR count). The summed E-state index contributed by atoms with van der Waals surface area (Å²) in [6.45, 7) is 5.29. The van der Waals surface area contributed by atoms with Gasteiger partial charge < -0.3 is 4.98 Å². The lowest BCUT2D eigenvalue weighted by atomic mass is 10.0. The largest absolute Gasteiger partial charge is 0.353 e. The van der Waals surface area contributed by atoms with E-state index in [1.165, 1.54) is 31.5 Å². The molecule has 1 aliphatic rings. The second kappa shape index (κ2) is 8.42. The first kappa shape index (κ1) is 21.0. The Labute approximate surface area is 208 Å². The molecule has 0 amide bonds. The molecular formula is C28H26N8. The summed E-state index contributed by atoms with van der Waals surface area (Å²) in [4.78, 5) is 19.6. The summed E-state index contributed by atoms with van der Waals surface area (Å²) in [6, 6.07) is 12.8. The smallest absolute Gasteiger partial charge is 0.147 e. The normalized spacial score (nSPS) is 14.4. The Hall–Kier alpha value is -4.30. The van der Waals surface area contributed by atoms with Crippen LogP contribution in [0, 0.1) is 6.92 Å². The third-order valence-electron chi connectivity index (χ3n) is 7.03. The Kier molecular flexibility index (Phi) is 4.92. The van der Waals surface area contributed by atoms with Crippen molar-refractivity contribution in [1.29, 1.82) is 0 Å². The van der Waals surface area contributed by atoms with Gasteiger partial charge in [-0.15, -0.1) is 0 Å². The standard InChI is InChI=1S/C28H26N8/c1-18-15-36(17-31-18)28-23-12-26(32-24(23)6-7-30-28)27-22-11-20(4-5-25(22)33-34-27)21-10-19(13-29-14-21)16-35-8-2-3-9-35/h4-7,10-15,17,32H,2-3,8-9,16H2,1H3,(H,33,34). The predicted octanol–water partition coefficient (Wildman–Crippen LogP) is 5.26. The molecule has 1 aliphatic heterocycles. The molecule has 0 radical (unpaired) electrons. The maximum atomic E-state index is 4.67. The Balaban J connectivity index is 1.28. The molecule has 1 saturated heterocycles. The van der Waals surface area contributed by atoms with E-state index >= 15 is 0 Å². The van der Waals surface area contributed by atoms with Gasteiger partial charge >= 0.3 is 0 Å². The minimum absolute atomic E-state index is 0.844. The molecule has 0 aliphatic carbocycles. The van der Waals surface area contributed by atoms with Crippen molar-refractivity contribution in [3.05, 3.63) is 78.8 Å². The van der Waals surface area contributed by atoms with Gasteiger partial charge in [0.1, 0.15) is 17.8 Å². The molecule has 0 atom stereocenters. The van der Waals surface area contributed by atoms with Crippen molar-refractivity contribution in [2.75, 3.05) is 13.1 Å². The average molecular weight is 475 g/mol. The molecule has 36 heavy (non-hydrogen) atoms. The number of aromatic amines is 2. The molecule has 1 aromatic carbocycles. The number of nitrogens with one attached hydrogen (secondary N) is 2. The number of benzene rings is 1. The molecule has 8 heteroatoms. The van der Waals surface area contributed by atoms with Gasteiger partial charge in [0, 0.05) is 47.7 Å². The number of hydrogen-bond acceptors (Lipinski definition) is 5. The van der Waals surface area contributed by atoms with E-state index in [9.17, 15) is 0 Å². The molecule has 0 unspecified atom stereocenters. The van der Waals surface area contributed by atoms with Crippen LogP contribution < -0.4 is 0 Å². The summed E-state index contributed by atoms with van der Waals surface area (Å²) in [5, 5.41) is 9.96. The summed E-state index contributed by atoms with van der Waals surface area (Å²) in [5.41, 5.74) is 8.30. The van der Waals surface area contributed by atoms with Crippen molar-refractivity contribution >= 4 is 21.8 Å². The maximum absolute atomic E-state index is 4.67. The van der Waals surface area contributed by atoms with Crippen molar-refractivity contribution in [3.63, 3.8) is 0 Å². The Morgan fingerprint density at radius 3 is 2.69 bits per heavy atom. The number of rotatable bonds is 5. The van der Waals surface area contributed by atoms with Crippen molar-refractivity contribution in [2.24, 2.45) is 0 Å². The van der Waals surface area contributed by atoms with E-state index in [0.717, 1.165) is 62.4 Å². The fraction of sp³-hybridized carbons (Fsp3) is 0.214. The third kappa shape index (κ3) is 3.67. The van der Waals surface area contributed by atoms with E-state index in [0.29, 0.717) is 0 Å². The molecule has 0 spiro atoms. The fourth-order valence-electron chi connectivity index (χ4n) is 5.24. The van der Waals surface area contributed by atoms with Crippen LogP contribution in [0.2, 0.25) is 0 Å². The van der Waals surface area contributed by atoms with Crippen LogP contribution in [0.25, 0.3) is 50.1 Å². The number of likely N-dealkylation sites (tertiary alicyclic amines) is 1. The molecule has 1 fully saturated rings. The van der Waals surface area contributed by atoms with Crippen LogP contribution in [0.5, 0.6) is 0 Å². The molecule has 5 aromatic heterocycles. The van der Waals surface area contributed by atoms with Gasteiger partial charge in [-0.2, -0.15) is 5.10 Å². The van der Waals surface area contributed by atoms with Crippen LogP contribution >= 0.6 is 0 Å². The van der Waals surface area contributed by atoms with Crippen LogP contribution in [0.4, 0.5) is 0 Å². The summed E-state index contributed by atoms with van der Waals surface area (Å²) in [5.74, 6) is 0.844. The minimum atomic E-state index is 0.844. The quantitative estimate of drug-likeness (QED) is 0.356. The number of aryl methyl sites for hydroxylation is 1. The lowest BCUT2D eigenvalue weighted by Gasteiger charge is -2.14. The fourth-order valence-corrected chi connectivity index (χ4v) is 5.24. The maximum Gasteiger partial charge on any atom is 0.147 e. The second-order valence-corrected chi connectivity index (χ2v) is 9.60. The number of pyridine rings is 2. The van der Waals surface area contributed by atoms with Gasteiger partial charge in [-0.3, -0.25) is 19.5 Å². The molecule has 2 N–H and O–H groups in total. The highest BCUT2D eigenvalue weighted by Crippen LogP contribution is 2.33. The zero-order valence-corrected chi connectivity index (χ0v) is 20.1. The van der Waals surface area contributed by atoms with Crippen LogP contribution in [-0.4, -0.2) is 52.7 Å². The summed E-state index contributed by atoms with van der Waals surface area (Å²) in [7, 11) is 0. The summed E-state index contributed by atoms with van der Waals surface area (Å²) in [6.07, 6.45) is 12.1. The van der Waals surface area contributed by atoms with E-state index in [4.69, 9.17) is 0 Å². The van der Waals surface area contributed by atoms with E-state index in [1.807, 2.05) is 42.3 Å². The zero-order chi connectivity index (χ0) is 24.1. The van der Waals surface area contributed by atoms with Crippen LogP contribution in [-0.2, 0) is 6.54 Å². The van der Waals surface area contributed by atoms with Crippen molar-refractivity contribution in [3.8, 4) is 28.3 Å².